The quantitative estimate of drug-likeness (QED) is 0.799. The smallest absolute Gasteiger partial charge is 0.239 e. The molecule has 4 nitrogen and oxygen atoms in total. The largest absolute Gasteiger partial charge is 0.338 e. The van der Waals surface area contributed by atoms with Gasteiger partial charge in [-0.1, -0.05) is 37.3 Å². The Morgan fingerprint density at radius 2 is 1.81 bits per heavy atom. The van der Waals surface area contributed by atoms with Crippen LogP contribution in [0, 0.1) is 5.92 Å². The summed E-state index contributed by atoms with van der Waals surface area (Å²) < 4.78 is 0. The van der Waals surface area contributed by atoms with Crippen LogP contribution < -0.4 is 5.32 Å². The van der Waals surface area contributed by atoms with Gasteiger partial charge in [0.15, 0.2) is 0 Å². The molecule has 2 aliphatic heterocycles. The summed E-state index contributed by atoms with van der Waals surface area (Å²) in [6.07, 6.45) is 6.81. The van der Waals surface area contributed by atoms with Crippen LogP contribution in [-0.2, 0) is 11.2 Å². The van der Waals surface area contributed by atoms with Crippen LogP contribution in [0.2, 0.25) is 0 Å². The Morgan fingerprint density at radius 1 is 1.15 bits per heavy atom. The summed E-state index contributed by atoms with van der Waals surface area (Å²) in [5.41, 5.74) is 1.44. The summed E-state index contributed by atoms with van der Waals surface area (Å²) in [5, 5.41) is 3.42. The van der Waals surface area contributed by atoms with Crippen LogP contribution in [0.5, 0.6) is 0 Å². The fourth-order valence-electron chi connectivity index (χ4n) is 4.72. The number of likely N-dealkylation sites (tertiary alicyclic amines) is 1. The molecular weight excluding hydrogens is 334 g/mol. The molecule has 0 radical (unpaired) electrons. The molecule has 4 heteroatoms. The Hall–Kier alpha value is -1.39. The topological polar surface area (TPSA) is 35.6 Å². The summed E-state index contributed by atoms with van der Waals surface area (Å²) >= 11 is 0. The Bertz CT molecular complexity index is 562. The highest BCUT2D eigenvalue weighted by Gasteiger charge is 2.32. The van der Waals surface area contributed by atoms with Crippen molar-refractivity contribution in [3.8, 4) is 0 Å². The molecular formula is C23H37N3O. The average Bonchev–Trinajstić information content (AvgIpc) is 2.73. The molecule has 27 heavy (non-hydrogen) atoms. The Labute approximate surface area is 165 Å². The summed E-state index contributed by atoms with van der Waals surface area (Å²) in [5.74, 6) is 1.10. The first kappa shape index (κ1) is 20.3. The number of nitrogens with zero attached hydrogens (tertiary/aromatic N) is 2. The van der Waals surface area contributed by atoms with Crippen molar-refractivity contribution in [2.45, 2.75) is 64.5 Å². The van der Waals surface area contributed by atoms with Crippen LogP contribution in [0.15, 0.2) is 30.3 Å². The van der Waals surface area contributed by atoms with Crippen molar-refractivity contribution in [3.63, 3.8) is 0 Å². The number of nitrogens with one attached hydrogen (secondary N) is 1. The van der Waals surface area contributed by atoms with E-state index in [1.807, 2.05) is 0 Å². The third kappa shape index (κ3) is 5.55. The lowest BCUT2D eigenvalue weighted by atomic mass is 9.89. The zero-order valence-electron chi connectivity index (χ0n) is 17.2. The molecule has 1 N–H and O–H groups in total. The van der Waals surface area contributed by atoms with Crippen LogP contribution in [0.25, 0.3) is 0 Å². The molecule has 2 aliphatic rings. The SMILES string of the molecule is CCCN(C(=O)C(C)N1CCC(Cc2ccccc2)CC1)C1CCNCC1. The number of carbonyl (C=O) groups excluding carboxylic acids is 1. The van der Waals surface area contributed by atoms with Crippen LogP contribution in [0.4, 0.5) is 0 Å². The van der Waals surface area contributed by atoms with Crippen molar-refractivity contribution in [1.29, 1.82) is 0 Å². The van der Waals surface area contributed by atoms with Gasteiger partial charge in [-0.25, -0.2) is 0 Å². The monoisotopic (exact) mass is 371 g/mol. The summed E-state index contributed by atoms with van der Waals surface area (Å²) in [4.78, 5) is 17.9. The summed E-state index contributed by atoms with van der Waals surface area (Å²) in [6.45, 7) is 9.39. The van der Waals surface area contributed by atoms with Gasteiger partial charge in [-0.3, -0.25) is 9.69 Å². The lowest BCUT2D eigenvalue weighted by Gasteiger charge is -2.40. The molecule has 0 aromatic heterocycles. The van der Waals surface area contributed by atoms with E-state index >= 15 is 0 Å². The standard InChI is InChI=1S/C23H37N3O/c1-3-15-26(22-9-13-24-14-10-22)23(27)19(2)25-16-11-21(12-17-25)18-20-7-5-4-6-8-20/h4-8,19,21-22,24H,3,9-18H2,1-2H3. The van der Waals surface area contributed by atoms with Gasteiger partial charge in [0.2, 0.25) is 5.91 Å². The van der Waals surface area contributed by atoms with E-state index in [0.717, 1.165) is 57.9 Å². The molecule has 1 atom stereocenters. The number of amides is 1. The molecule has 0 saturated carbocycles. The normalized spacial score (nSPS) is 21.1. The van der Waals surface area contributed by atoms with Crippen LogP contribution in [-0.4, -0.2) is 60.5 Å². The van der Waals surface area contributed by atoms with Crippen LogP contribution in [0.1, 0.15) is 51.5 Å². The molecule has 2 heterocycles. The van der Waals surface area contributed by atoms with E-state index in [0.29, 0.717) is 11.9 Å². The maximum atomic E-state index is 13.3. The molecule has 3 rings (SSSR count). The zero-order chi connectivity index (χ0) is 19.1. The molecule has 0 bridgehead atoms. The minimum absolute atomic E-state index is 0.0177. The molecule has 1 amide bonds. The van der Waals surface area contributed by atoms with Gasteiger partial charge in [0.1, 0.15) is 0 Å². The van der Waals surface area contributed by atoms with Gasteiger partial charge in [-0.15, -0.1) is 0 Å². The molecule has 0 spiro atoms. The first-order chi connectivity index (χ1) is 13.2. The Morgan fingerprint density at radius 3 is 2.44 bits per heavy atom. The number of piperidine rings is 2. The van der Waals surface area contributed by atoms with E-state index in [-0.39, 0.29) is 6.04 Å². The minimum Gasteiger partial charge on any atom is -0.338 e. The molecule has 150 valence electrons. The predicted molar refractivity (Wildman–Crippen MR) is 112 cm³/mol. The van der Waals surface area contributed by atoms with E-state index in [1.165, 1.54) is 24.8 Å². The van der Waals surface area contributed by atoms with Gasteiger partial charge in [0.25, 0.3) is 0 Å². The highest BCUT2D eigenvalue weighted by molar-refractivity contribution is 5.81. The third-order valence-corrected chi connectivity index (χ3v) is 6.42. The van der Waals surface area contributed by atoms with Crippen molar-refractivity contribution >= 4 is 5.91 Å². The van der Waals surface area contributed by atoms with E-state index in [2.05, 4.69) is 59.3 Å². The first-order valence-electron chi connectivity index (χ1n) is 11.0. The maximum Gasteiger partial charge on any atom is 0.239 e. The van der Waals surface area contributed by atoms with Crippen LogP contribution in [0.3, 0.4) is 0 Å². The lowest BCUT2D eigenvalue weighted by Crippen LogP contribution is -2.54. The van der Waals surface area contributed by atoms with Crippen molar-refractivity contribution < 1.29 is 4.79 Å². The number of carbonyl (C=O) groups is 1. The Kier molecular flexibility index (Phi) is 7.71. The van der Waals surface area contributed by atoms with Gasteiger partial charge < -0.3 is 10.2 Å². The van der Waals surface area contributed by atoms with E-state index in [9.17, 15) is 4.79 Å². The third-order valence-electron chi connectivity index (χ3n) is 6.42. The molecule has 2 saturated heterocycles. The van der Waals surface area contributed by atoms with Gasteiger partial charge in [0.05, 0.1) is 6.04 Å². The van der Waals surface area contributed by atoms with Crippen molar-refractivity contribution in [3.05, 3.63) is 35.9 Å². The fourth-order valence-corrected chi connectivity index (χ4v) is 4.72. The zero-order valence-corrected chi connectivity index (χ0v) is 17.2. The second-order valence-corrected chi connectivity index (χ2v) is 8.36. The highest BCUT2D eigenvalue weighted by Crippen LogP contribution is 2.24. The van der Waals surface area contributed by atoms with Crippen molar-refractivity contribution in [2.75, 3.05) is 32.7 Å². The van der Waals surface area contributed by atoms with Gasteiger partial charge in [0, 0.05) is 12.6 Å². The molecule has 0 aliphatic carbocycles. The average molecular weight is 372 g/mol. The number of hydrogen-bond donors (Lipinski definition) is 1. The van der Waals surface area contributed by atoms with E-state index < -0.39 is 0 Å². The van der Waals surface area contributed by atoms with Gasteiger partial charge >= 0.3 is 0 Å². The van der Waals surface area contributed by atoms with Gasteiger partial charge in [-0.2, -0.15) is 0 Å². The summed E-state index contributed by atoms with van der Waals surface area (Å²) in [7, 11) is 0. The first-order valence-corrected chi connectivity index (χ1v) is 11.0. The molecule has 1 aromatic carbocycles. The lowest BCUT2D eigenvalue weighted by molar-refractivity contribution is -0.140. The van der Waals surface area contributed by atoms with E-state index in [4.69, 9.17) is 0 Å². The maximum absolute atomic E-state index is 13.3. The molecule has 2 fully saturated rings. The number of hydrogen-bond acceptors (Lipinski definition) is 3. The van der Waals surface area contributed by atoms with Crippen LogP contribution >= 0.6 is 0 Å². The fraction of sp³-hybridized carbons (Fsp3) is 0.696. The summed E-state index contributed by atoms with van der Waals surface area (Å²) in [6, 6.07) is 11.3. The minimum atomic E-state index is 0.0177. The highest BCUT2D eigenvalue weighted by atomic mass is 16.2. The second kappa shape index (κ2) is 10.2. The van der Waals surface area contributed by atoms with Crippen molar-refractivity contribution in [1.82, 2.24) is 15.1 Å². The predicted octanol–water partition coefficient (Wildman–Crippen LogP) is 3.32. The van der Waals surface area contributed by atoms with E-state index in [1.54, 1.807) is 0 Å². The number of benzene rings is 1. The molecule has 1 unspecified atom stereocenters. The number of rotatable bonds is 7. The van der Waals surface area contributed by atoms with Gasteiger partial charge in [-0.05, 0) is 83.1 Å². The van der Waals surface area contributed by atoms with Crippen molar-refractivity contribution in [2.24, 2.45) is 5.92 Å². The Balaban J connectivity index is 1.52. The second-order valence-electron chi connectivity index (χ2n) is 8.36. The molecule has 1 aromatic rings.